The molecule has 0 amide bonds. The Morgan fingerprint density at radius 3 is 2.80 bits per heavy atom. The van der Waals surface area contributed by atoms with E-state index >= 15 is 0 Å². The minimum absolute atomic E-state index is 0.00278. The van der Waals surface area contributed by atoms with Gasteiger partial charge in [0.05, 0.1) is 16.8 Å². The Balaban J connectivity index is 2.31. The molecule has 0 aliphatic heterocycles. The Labute approximate surface area is 116 Å². The highest BCUT2D eigenvalue weighted by molar-refractivity contribution is 6.83. The lowest BCUT2D eigenvalue weighted by Gasteiger charge is -2.03. The standard InChI is InChI=1S/C12H6ClFN4O2/c13-12(20)11(19)6-3-16-10-8(18-5-15-4-17-18)2-1-7(14)9(6)10/h1-5,16H. The third kappa shape index (κ3) is 1.79. The van der Waals surface area contributed by atoms with Crippen LogP contribution in [-0.2, 0) is 4.79 Å². The number of aromatic nitrogens is 4. The molecule has 2 heterocycles. The highest BCUT2D eigenvalue weighted by atomic mass is 35.5. The first-order valence-electron chi connectivity index (χ1n) is 5.48. The zero-order valence-electron chi connectivity index (χ0n) is 9.80. The van der Waals surface area contributed by atoms with Gasteiger partial charge in [-0.15, -0.1) is 0 Å². The Kier molecular flexibility index (Phi) is 2.83. The zero-order valence-corrected chi connectivity index (χ0v) is 10.6. The van der Waals surface area contributed by atoms with Crippen LogP contribution in [0.15, 0.2) is 31.0 Å². The number of aromatic amines is 1. The second-order valence-electron chi connectivity index (χ2n) is 3.96. The van der Waals surface area contributed by atoms with E-state index in [1.54, 1.807) is 0 Å². The van der Waals surface area contributed by atoms with Crippen LogP contribution in [0, 0.1) is 5.82 Å². The van der Waals surface area contributed by atoms with Crippen LogP contribution in [-0.4, -0.2) is 30.8 Å². The number of hydrogen-bond acceptors (Lipinski definition) is 4. The second kappa shape index (κ2) is 4.53. The molecule has 0 saturated heterocycles. The zero-order chi connectivity index (χ0) is 14.3. The Morgan fingerprint density at radius 1 is 1.35 bits per heavy atom. The van der Waals surface area contributed by atoms with E-state index in [9.17, 15) is 14.0 Å². The van der Waals surface area contributed by atoms with Gasteiger partial charge in [-0.25, -0.2) is 14.1 Å². The van der Waals surface area contributed by atoms with E-state index in [2.05, 4.69) is 15.1 Å². The Hall–Kier alpha value is -2.54. The van der Waals surface area contributed by atoms with Gasteiger partial charge in [0.25, 0.3) is 5.24 Å². The number of carbonyl (C=O) groups excluding carboxylic acids is 2. The number of nitrogens with one attached hydrogen (secondary N) is 1. The van der Waals surface area contributed by atoms with Crippen LogP contribution >= 0.6 is 11.6 Å². The molecule has 0 radical (unpaired) electrons. The number of ketones is 1. The van der Waals surface area contributed by atoms with E-state index in [1.807, 2.05) is 0 Å². The SMILES string of the molecule is O=C(Cl)C(=O)c1c[nH]c2c(-n3cncn3)ccc(F)c12. The Bertz CT molecular complexity index is 825. The van der Waals surface area contributed by atoms with Crippen molar-refractivity contribution in [3.8, 4) is 5.69 Å². The first kappa shape index (κ1) is 12.5. The van der Waals surface area contributed by atoms with E-state index in [0.29, 0.717) is 11.2 Å². The number of carbonyl (C=O) groups is 2. The monoisotopic (exact) mass is 292 g/mol. The largest absolute Gasteiger partial charge is 0.359 e. The molecule has 100 valence electrons. The van der Waals surface area contributed by atoms with Crippen LogP contribution in [0.1, 0.15) is 10.4 Å². The summed E-state index contributed by atoms with van der Waals surface area (Å²) in [4.78, 5) is 29.2. The molecule has 1 N–H and O–H groups in total. The minimum atomic E-state index is -1.17. The highest BCUT2D eigenvalue weighted by Crippen LogP contribution is 2.27. The van der Waals surface area contributed by atoms with Gasteiger partial charge in [0.1, 0.15) is 18.5 Å². The molecule has 0 saturated carbocycles. The van der Waals surface area contributed by atoms with Crippen molar-refractivity contribution in [2.75, 3.05) is 0 Å². The molecule has 0 bridgehead atoms. The molecule has 0 fully saturated rings. The summed E-state index contributed by atoms with van der Waals surface area (Å²) in [5.41, 5.74) is 0.719. The van der Waals surface area contributed by atoms with Gasteiger partial charge in [0, 0.05) is 11.6 Å². The van der Waals surface area contributed by atoms with Gasteiger partial charge in [-0.3, -0.25) is 9.59 Å². The summed E-state index contributed by atoms with van der Waals surface area (Å²) in [6, 6.07) is 2.67. The fourth-order valence-corrected chi connectivity index (χ4v) is 2.10. The van der Waals surface area contributed by atoms with E-state index in [-0.39, 0.29) is 10.9 Å². The van der Waals surface area contributed by atoms with Crippen molar-refractivity contribution in [2.24, 2.45) is 0 Å². The maximum atomic E-state index is 14.0. The lowest BCUT2D eigenvalue weighted by atomic mass is 10.1. The van der Waals surface area contributed by atoms with Crippen molar-refractivity contribution in [3.63, 3.8) is 0 Å². The molecule has 0 unspecified atom stereocenters. The summed E-state index contributed by atoms with van der Waals surface area (Å²) in [6.45, 7) is 0. The number of fused-ring (bicyclic) bond motifs is 1. The third-order valence-corrected chi connectivity index (χ3v) is 3.02. The predicted octanol–water partition coefficient (Wildman–Crippen LogP) is 1.84. The number of halogens is 2. The van der Waals surface area contributed by atoms with Crippen LogP contribution in [0.2, 0.25) is 0 Å². The van der Waals surface area contributed by atoms with Crippen LogP contribution in [0.5, 0.6) is 0 Å². The fourth-order valence-electron chi connectivity index (χ4n) is 2.00. The maximum absolute atomic E-state index is 14.0. The van der Waals surface area contributed by atoms with Gasteiger partial charge in [-0.05, 0) is 23.7 Å². The molecular weight excluding hydrogens is 287 g/mol. The lowest BCUT2D eigenvalue weighted by Crippen LogP contribution is -2.07. The number of benzene rings is 1. The van der Waals surface area contributed by atoms with E-state index in [0.717, 1.165) is 0 Å². The highest BCUT2D eigenvalue weighted by Gasteiger charge is 2.22. The van der Waals surface area contributed by atoms with Crippen LogP contribution in [0.3, 0.4) is 0 Å². The normalized spacial score (nSPS) is 10.9. The summed E-state index contributed by atoms with van der Waals surface area (Å²) < 4.78 is 15.4. The first-order valence-corrected chi connectivity index (χ1v) is 5.86. The molecular formula is C12H6ClFN4O2. The Morgan fingerprint density at radius 2 is 2.15 bits per heavy atom. The lowest BCUT2D eigenvalue weighted by molar-refractivity contribution is -0.108. The average Bonchev–Trinajstić information content (AvgIpc) is 3.07. The number of nitrogens with zero attached hydrogens (tertiary/aromatic N) is 3. The van der Waals surface area contributed by atoms with Crippen LogP contribution in [0.4, 0.5) is 4.39 Å². The smallest absolute Gasteiger partial charge is 0.293 e. The summed E-state index contributed by atoms with van der Waals surface area (Å²) in [5, 5.41) is 2.77. The summed E-state index contributed by atoms with van der Waals surface area (Å²) in [7, 11) is 0. The van der Waals surface area contributed by atoms with Crippen molar-refractivity contribution in [1.82, 2.24) is 19.7 Å². The maximum Gasteiger partial charge on any atom is 0.293 e. The summed E-state index contributed by atoms with van der Waals surface area (Å²) in [5.74, 6) is -1.60. The van der Waals surface area contributed by atoms with Gasteiger partial charge < -0.3 is 4.98 Å². The van der Waals surface area contributed by atoms with E-state index in [4.69, 9.17) is 11.6 Å². The van der Waals surface area contributed by atoms with Crippen molar-refractivity contribution in [1.29, 1.82) is 0 Å². The quantitative estimate of drug-likeness (QED) is 0.454. The molecule has 3 rings (SSSR count). The molecule has 2 aromatic heterocycles. The van der Waals surface area contributed by atoms with E-state index in [1.165, 1.54) is 35.7 Å². The molecule has 1 aromatic carbocycles. The fraction of sp³-hybridized carbons (Fsp3) is 0. The number of rotatable bonds is 3. The number of H-pyrrole nitrogens is 1. The number of Topliss-reactive ketones (excluding diaryl/α,β-unsaturated/α-hetero) is 1. The molecule has 0 spiro atoms. The van der Waals surface area contributed by atoms with Crippen molar-refractivity contribution in [3.05, 3.63) is 42.4 Å². The van der Waals surface area contributed by atoms with Crippen molar-refractivity contribution < 1.29 is 14.0 Å². The predicted molar refractivity (Wildman–Crippen MR) is 68.4 cm³/mol. The molecule has 0 aliphatic carbocycles. The number of hydrogen-bond donors (Lipinski definition) is 1. The van der Waals surface area contributed by atoms with Gasteiger partial charge in [-0.2, -0.15) is 5.10 Å². The van der Waals surface area contributed by atoms with Gasteiger partial charge >= 0.3 is 0 Å². The van der Waals surface area contributed by atoms with Gasteiger partial charge in [0.2, 0.25) is 5.78 Å². The summed E-state index contributed by atoms with van der Waals surface area (Å²) in [6.07, 6.45) is 4.00. The van der Waals surface area contributed by atoms with Gasteiger partial charge in [0.15, 0.2) is 0 Å². The van der Waals surface area contributed by atoms with Crippen molar-refractivity contribution in [2.45, 2.75) is 0 Å². The van der Waals surface area contributed by atoms with Crippen molar-refractivity contribution >= 4 is 33.5 Å². The average molecular weight is 293 g/mol. The molecule has 0 atom stereocenters. The van der Waals surface area contributed by atoms with Crippen LogP contribution in [0.25, 0.3) is 16.6 Å². The van der Waals surface area contributed by atoms with Gasteiger partial charge in [-0.1, -0.05) is 0 Å². The third-order valence-electron chi connectivity index (χ3n) is 2.85. The first-order chi connectivity index (χ1) is 9.59. The second-order valence-corrected chi connectivity index (χ2v) is 4.31. The van der Waals surface area contributed by atoms with Crippen LogP contribution < -0.4 is 0 Å². The topological polar surface area (TPSA) is 80.6 Å². The molecule has 3 aromatic rings. The minimum Gasteiger partial charge on any atom is -0.359 e. The molecule has 20 heavy (non-hydrogen) atoms. The summed E-state index contributed by atoms with van der Waals surface area (Å²) >= 11 is 5.16. The molecule has 6 nitrogen and oxygen atoms in total. The molecule has 8 heteroatoms. The molecule has 0 aliphatic rings. The van der Waals surface area contributed by atoms with E-state index < -0.39 is 16.8 Å².